The Balaban J connectivity index is 1.52. The monoisotopic (exact) mass is 574 g/mol. The number of amides is 2. The van der Waals surface area contributed by atoms with Crippen LogP contribution in [0.5, 0.6) is 11.5 Å². The van der Waals surface area contributed by atoms with Gasteiger partial charge >= 0.3 is 0 Å². The number of nitrogens with one attached hydrogen (secondary N) is 2. The summed E-state index contributed by atoms with van der Waals surface area (Å²) in [6.45, 7) is 4.27. The van der Waals surface area contributed by atoms with Gasteiger partial charge in [0.05, 0.1) is 14.2 Å². The van der Waals surface area contributed by atoms with Gasteiger partial charge in [0.2, 0.25) is 0 Å². The lowest BCUT2D eigenvalue weighted by Gasteiger charge is -2.13. The van der Waals surface area contributed by atoms with E-state index in [9.17, 15) is 14.4 Å². The van der Waals surface area contributed by atoms with Crippen molar-refractivity contribution in [2.24, 2.45) is 0 Å². The van der Waals surface area contributed by atoms with Gasteiger partial charge in [-0.1, -0.05) is 62.4 Å². The number of ketones is 1. The lowest BCUT2D eigenvalue weighted by molar-refractivity contribution is -0.113. The van der Waals surface area contributed by atoms with Crippen molar-refractivity contribution < 1.29 is 23.9 Å². The fourth-order valence-corrected chi connectivity index (χ4v) is 4.23. The molecular formula is C36H34N2O5. The van der Waals surface area contributed by atoms with Crippen LogP contribution in [0.1, 0.15) is 57.2 Å². The first kappa shape index (κ1) is 30.5. The van der Waals surface area contributed by atoms with Gasteiger partial charge in [0.15, 0.2) is 5.78 Å². The number of ether oxygens (including phenoxy) is 2. The molecular weight excluding hydrogens is 540 g/mol. The summed E-state index contributed by atoms with van der Waals surface area (Å²) >= 11 is 0. The molecule has 0 bridgehead atoms. The number of allylic oxidation sites excluding steroid dienone is 1. The number of anilines is 1. The largest absolute Gasteiger partial charge is 0.497 e. The molecule has 4 rings (SSSR count). The van der Waals surface area contributed by atoms with E-state index in [4.69, 9.17) is 9.47 Å². The molecule has 0 aliphatic heterocycles. The quantitative estimate of drug-likeness (QED) is 0.147. The summed E-state index contributed by atoms with van der Waals surface area (Å²) in [6, 6.07) is 28.4. The standard InChI is InChI=1S/C36H34N2O5/c1-24(2)26-13-10-25(11-14-26)12-20-33(39)27-15-17-30(18-16-27)37-36(41)32(38-35(40)28-8-6-5-7-9-28)23-29-22-31(42-3)19-21-34(29)43-4/h5-24H,1-4H3,(H,37,41)(H,38,40)/b20-12+,32-23-. The van der Waals surface area contributed by atoms with E-state index in [-0.39, 0.29) is 11.5 Å². The van der Waals surface area contributed by atoms with Crippen molar-refractivity contribution in [3.05, 3.63) is 137 Å². The van der Waals surface area contributed by atoms with Crippen LogP contribution in [0.3, 0.4) is 0 Å². The van der Waals surface area contributed by atoms with E-state index in [1.54, 1.807) is 78.9 Å². The molecule has 2 amide bonds. The average molecular weight is 575 g/mol. The van der Waals surface area contributed by atoms with Crippen LogP contribution in [0, 0.1) is 0 Å². The third-order valence-corrected chi connectivity index (χ3v) is 6.72. The maximum atomic E-state index is 13.4. The molecule has 0 fully saturated rings. The van der Waals surface area contributed by atoms with E-state index >= 15 is 0 Å². The highest BCUT2D eigenvalue weighted by atomic mass is 16.5. The highest BCUT2D eigenvalue weighted by Crippen LogP contribution is 2.26. The van der Waals surface area contributed by atoms with Gasteiger partial charge in [-0.2, -0.15) is 0 Å². The van der Waals surface area contributed by atoms with E-state index in [0.29, 0.717) is 39.8 Å². The predicted molar refractivity (Wildman–Crippen MR) is 170 cm³/mol. The summed E-state index contributed by atoms with van der Waals surface area (Å²) in [5.74, 6) is 0.324. The van der Waals surface area contributed by atoms with Crippen LogP contribution in [-0.2, 0) is 4.79 Å². The van der Waals surface area contributed by atoms with Crippen LogP contribution in [0.15, 0.2) is 109 Å². The summed E-state index contributed by atoms with van der Waals surface area (Å²) in [7, 11) is 3.05. The van der Waals surface area contributed by atoms with Gasteiger partial charge in [-0.25, -0.2) is 0 Å². The zero-order valence-electron chi connectivity index (χ0n) is 24.6. The molecule has 4 aromatic rings. The van der Waals surface area contributed by atoms with E-state index in [1.165, 1.54) is 31.9 Å². The molecule has 43 heavy (non-hydrogen) atoms. The molecule has 0 spiro atoms. The second kappa shape index (κ2) is 14.5. The van der Waals surface area contributed by atoms with Crippen LogP contribution in [0.4, 0.5) is 5.69 Å². The topological polar surface area (TPSA) is 93.7 Å². The third-order valence-electron chi connectivity index (χ3n) is 6.72. The van der Waals surface area contributed by atoms with Crippen LogP contribution >= 0.6 is 0 Å². The minimum Gasteiger partial charge on any atom is -0.497 e. The van der Waals surface area contributed by atoms with E-state index in [0.717, 1.165) is 5.56 Å². The van der Waals surface area contributed by atoms with Gasteiger partial charge in [-0.3, -0.25) is 14.4 Å². The number of methoxy groups -OCH3 is 2. The van der Waals surface area contributed by atoms with Crippen LogP contribution < -0.4 is 20.1 Å². The molecule has 0 radical (unpaired) electrons. The van der Waals surface area contributed by atoms with Crippen molar-refractivity contribution >= 4 is 35.4 Å². The number of carbonyl (C=O) groups is 3. The maximum Gasteiger partial charge on any atom is 0.272 e. The molecule has 218 valence electrons. The molecule has 0 saturated carbocycles. The Morgan fingerprint density at radius 1 is 0.767 bits per heavy atom. The van der Waals surface area contributed by atoms with Gasteiger partial charge in [0.25, 0.3) is 11.8 Å². The number of hydrogen-bond acceptors (Lipinski definition) is 5. The van der Waals surface area contributed by atoms with Gasteiger partial charge in [0, 0.05) is 22.4 Å². The summed E-state index contributed by atoms with van der Waals surface area (Å²) in [5.41, 5.74) is 4.02. The molecule has 0 aliphatic rings. The first-order valence-electron chi connectivity index (χ1n) is 13.8. The zero-order valence-corrected chi connectivity index (χ0v) is 24.6. The molecule has 0 unspecified atom stereocenters. The van der Waals surface area contributed by atoms with Crippen LogP contribution in [0.25, 0.3) is 12.2 Å². The average Bonchev–Trinajstić information content (AvgIpc) is 3.04. The second-order valence-electron chi connectivity index (χ2n) is 10.0. The smallest absolute Gasteiger partial charge is 0.272 e. The van der Waals surface area contributed by atoms with Crippen molar-refractivity contribution in [2.75, 3.05) is 19.5 Å². The van der Waals surface area contributed by atoms with Crippen molar-refractivity contribution in [1.29, 1.82) is 0 Å². The Morgan fingerprint density at radius 2 is 1.47 bits per heavy atom. The van der Waals surface area contributed by atoms with E-state index in [1.807, 2.05) is 12.1 Å². The number of rotatable bonds is 11. The Hall–Kier alpha value is -5.43. The summed E-state index contributed by atoms with van der Waals surface area (Å²) in [4.78, 5) is 39.2. The fraction of sp³-hybridized carbons (Fsp3) is 0.139. The van der Waals surface area contributed by atoms with Gasteiger partial charge in [0.1, 0.15) is 17.2 Å². The first-order valence-corrected chi connectivity index (χ1v) is 13.8. The Bertz CT molecular complexity index is 1640. The van der Waals surface area contributed by atoms with Crippen LogP contribution in [0.2, 0.25) is 0 Å². The first-order chi connectivity index (χ1) is 20.8. The molecule has 0 aliphatic carbocycles. The van der Waals surface area contributed by atoms with Gasteiger partial charge in [-0.05, 0) is 83.8 Å². The Morgan fingerprint density at radius 3 is 2.09 bits per heavy atom. The summed E-state index contributed by atoms with van der Waals surface area (Å²) in [5, 5.41) is 5.51. The van der Waals surface area contributed by atoms with E-state index < -0.39 is 11.8 Å². The Kier molecular flexibility index (Phi) is 10.3. The number of benzene rings is 4. The number of carbonyl (C=O) groups excluding carboxylic acids is 3. The molecule has 2 N–H and O–H groups in total. The zero-order chi connectivity index (χ0) is 30.8. The lowest BCUT2D eigenvalue weighted by atomic mass is 10.0. The maximum absolute atomic E-state index is 13.4. The molecule has 7 heteroatoms. The van der Waals surface area contributed by atoms with E-state index in [2.05, 4.69) is 36.6 Å². The van der Waals surface area contributed by atoms with Crippen molar-refractivity contribution in [2.45, 2.75) is 19.8 Å². The van der Waals surface area contributed by atoms with Gasteiger partial charge in [-0.15, -0.1) is 0 Å². The normalized spacial score (nSPS) is 11.3. The molecule has 7 nitrogen and oxygen atoms in total. The highest BCUT2D eigenvalue weighted by molar-refractivity contribution is 6.11. The minimum absolute atomic E-state index is 0.00743. The van der Waals surface area contributed by atoms with Crippen molar-refractivity contribution in [3.63, 3.8) is 0 Å². The predicted octanol–water partition coefficient (Wildman–Crippen LogP) is 7.13. The Labute approximate surface area is 251 Å². The molecule has 0 atom stereocenters. The molecule has 4 aromatic carbocycles. The lowest BCUT2D eigenvalue weighted by Crippen LogP contribution is -2.30. The van der Waals surface area contributed by atoms with Crippen molar-refractivity contribution in [3.8, 4) is 11.5 Å². The number of hydrogen-bond donors (Lipinski definition) is 2. The van der Waals surface area contributed by atoms with Gasteiger partial charge < -0.3 is 20.1 Å². The summed E-state index contributed by atoms with van der Waals surface area (Å²) < 4.78 is 10.8. The third kappa shape index (κ3) is 8.30. The molecule has 0 aromatic heterocycles. The molecule has 0 heterocycles. The summed E-state index contributed by atoms with van der Waals surface area (Å²) in [6.07, 6.45) is 4.83. The minimum atomic E-state index is -0.557. The second-order valence-corrected chi connectivity index (χ2v) is 10.0. The highest BCUT2D eigenvalue weighted by Gasteiger charge is 2.17. The fourth-order valence-electron chi connectivity index (χ4n) is 4.23. The SMILES string of the molecule is COc1ccc(OC)c(/C=C(\NC(=O)c2ccccc2)C(=O)Nc2ccc(C(=O)/C=C/c3ccc(C(C)C)cc3)cc2)c1. The van der Waals surface area contributed by atoms with Crippen LogP contribution in [-0.4, -0.2) is 31.8 Å². The molecule has 0 saturated heterocycles. The van der Waals surface area contributed by atoms with Crippen molar-refractivity contribution in [1.82, 2.24) is 5.32 Å².